The highest BCUT2D eigenvalue weighted by molar-refractivity contribution is 7.99. The summed E-state index contributed by atoms with van der Waals surface area (Å²) < 4.78 is 26.8. The number of thioether (sulfide) groups is 1. The predicted octanol–water partition coefficient (Wildman–Crippen LogP) is 1.61. The van der Waals surface area contributed by atoms with Gasteiger partial charge in [-0.05, 0) is 48.5 Å². The summed E-state index contributed by atoms with van der Waals surface area (Å²) in [7, 11) is -3.43. The zero-order chi connectivity index (χ0) is 13.2. The van der Waals surface area contributed by atoms with Crippen LogP contribution in [0.25, 0.3) is 0 Å². The van der Waals surface area contributed by atoms with Crippen LogP contribution >= 0.6 is 11.8 Å². The minimum absolute atomic E-state index is 0.247. The van der Waals surface area contributed by atoms with Crippen molar-refractivity contribution in [1.82, 2.24) is 4.72 Å². The number of hydrogen-bond donors (Lipinski definition) is 2. The normalized spacial score (nSPS) is 20.2. The van der Waals surface area contributed by atoms with Crippen LogP contribution in [-0.2, 0) is 10.0 Å². The molecule has 1 aromatic rings. The van der Waals surface area contributed by atoms with Crippen molar-refractivity contribution >= 4 is 27.5 Å². The lowest BCUT2D eigenvalue weighted by molar-refractivity contribution is 0.546. The Kier molecular flexibility index (Phi) is 4.19. The Bertz CT molecular complexity index is 523. The van der Waals surface area contributed by atoms with E-state index in [4.69, 9.17) is 5.73 Å². The van der Waals surface area contributed by atoms with Gasteiger partial charge in [-0.3, -0.25) is 0 Å². The molecule has 1 saturated heterocycles. The molecular formula is C12H18N2O2S2. The Morgan fingerprint density at radius 1 is 1.50 bits per heavy atom. The van der Waals surface area contributed by atoms with Crippen LogP contribution in [0.4, 0.5) is 5.69 Å². The number of nitrogens with two attached hydrogens (primary N) is 1. The first-order valence-electron chi connectivity index (χ1n) is 5.92. The first kappa shape index (κ1) is 13.7. The largest absolute Gasteiger partial charge is 0.398 e. The molecule has 0 aromatic heterocycles. The van der Waals surface area contributed by atoms with Crippen molar-refractivity contribution in [2.45, 2.75) is 18.2 Å². The fraction of sp³-hybridized carbons (Fsp3) is 0.500. The van der Waals surface area contributed by atoms with Crippen LogP contribution in [0, 0.1) is 12.8 Å². The molecule has 6 heteroatoms. The summed E-state index contributed by atoms with van der Waals surface area (Å²) in [5.74, 6) is 2.62. The smallest absolute Gasteiger partial charge is 0.240 e. The second kappa shape index (κ2) is 5.50. The van der Waals surface area contributed by atoms with Gasteiger partial charge in [0.25, 0.3) is 0 Å². The zero-order valence-electron chi connectivity index (χ0n) is 10.3. The van der Waals surface area contributed by atoms with Crippen molar-refractivity contribution in [2.75, 3.05) is 23.8 Å². The second-order valence-electron chi connectivity index (χ2n) is 4.60. The number of anilines is 1. The van der Waals surface area contributed by atoms with E-state index in [9.17, 15) is 8.42 Å². The molecule has 3 N–H and O–H groups in total. The summed E-state index contributed by atoms with van der Waals surface area (Å²) in [5, 5.41) is 0. The van der Waals surface area contributed by atoms with E-state index >= 15 is 0 Å². The molecular weight excluding hydrogens is 268 g/mol. The zero-order valence-corrected chi connectivity index (χ0v) is 12.0. The summed E-state index contributed by atoms with van der Waals surface area (Å²) in [6.07, 6.45) is 1.09. The highest BCUT2D eigenvalue weighted by Gasteiger charge is 2.20. The maximum Gasteiger partial charge on any atom is 0.240 e. The summed E-state index contributed by atoms with van der Waals surface area (Å²) in [6, 6.07) is 4.84. The van der Waals surface area contributed by atoms with Gasteiger partial charge in [0.05, 0.1) is 4.90 Å². The van der Waals surface area contributed by atoms with E-state index in [1.54, 1.807) is 12.1 Å². The van der Waals surface area contributed by atoms with E-state index in [0.29, 0.717) is 18.2 Å². The van der Waals surface area contributed by atoms with Gasteiger partial charge in [0.2, 0.25) is 10.0 Å². The molecule has 0 bridgehead atoms. The van der Waals surface area contributed by atoms with Gasteiger partial charge < -0.3 is 5.73 Å². The molecule has 1 aliphatic heterocycles. The Balaban J connectivity index is 2.07. The third-order valence-electron chi connectivity index (χ3n) is 3.15. The van der Waals surface area contributed by atoms with E-state index < -0.39 is 10.0 Å². The molecule has 1 unspecified atom stereocenters. The van der Waals surface area contributed by atoms with Crippen molar-refractivity contribution in [3.63, 3.8) is 0 Å². The average Bonchev–Trinajstić information content (AvgIpc) is 2.83. The van der Waals surface area contributed by atoms with Crippen LogP contribution in [0.1, 0.15) is 12.0 Å². The summed E-state index contributed by atoms with van der Waals surface area (Å²) >= 11 is 1.88. The van der Waals surface area contributed by atoms with Crippen molar-refractivity contribution < 1.29 is 8.42 Å². The van der Waals surface area contributed by atoms with Crippen molar-refractivity contribution in [3.05, 3.63) is 23.8 Å². The third-order valence-corrected chi connectivity index (χ3v) is 5.80. The SMILES string of the molecule is Cc1ccc(S(=O)(=O)NCC2CCSC2)cc1N. The molecule has 1 aromatic carbocycles. The highest BCUT2D eigenvalue weighted by atomic mass is 32.2. The number of nitrogens with one attached hydrogen (secondary N) is 1. The lowest BCUT2D eigenvalue weighted by atomic mass is 10.1. The summed E-state index contributed by atoms with van der Waals surface area (Å²) in [6.45, 7) is 2.37. The van der Waals surface area contributed by atoms with Gasteiger partial charge in [-0.1, -0.05) is 6.07 Å². The Labute approximate surface area is 112 Å². The van der Waals surface area contributed by atoms with Crippen molar-refractivity contribution in [3.8, 4) is 0 Å². The first-order chi connectivity index (χ1) is 8.49. The van der Waals surface area contributed by atoms with Gasteiger partial charge in [0, 0.05) is 12.2 Å². The topological polar surface area (TPSA) is 72.2 Å². The molecule has 0 saturated carbocycles. The number of rotatable bonds is 4. The Morgan fingerprint density at radius 2 is 2.28 bits per heavy atom. The number of hydrogen-bond acceptors (Lipinski definition) is 4. The first-order valence-corrected chi connectivity index (χ1v) is 8.56. The number of nitrogen functional groups attached to an aromatic ring is 1. The van der Waals surface area contributed by atoms with Gasteiger partial charge in [-0.2, -0.15) is 11.8 Å². The van der Waals surface area contributed by atoms with Gasteiger partial charge in [0.15, 0.2) is 0 Å². The van der Waals surface area contributed by atoms with Crippen LogP contribution in [-0.4, -0.2) is 26.5 Å². The molecule has 0 radical (unpaired) electrons. The van der Waals surface area contributed by atoms with Gasteiger partial charge in [0.1, 0.15) is 0 Å². The molecule has 0 aliphatic carbocycles. The van der Waals surface area contributed by atoms with Crippen LogP contribution in [0.3, 0.4) is 0 Å². The molecule has 1 aliphatic rings. The molecule has 1 atom stereocenters. The monoisotopic (exact) mass is 286 g/mol. The Morgan fingerprint density at radius 3 is 2.89 bits per heavy atom. The summed E-state index contributed by atoms with van der Waals surface area (Å²) in [5.41, 5.74) is 7.14. The third kappa shape index (κ3) is 3.18. The predicted molar refractivity (Wildman–Crippen MR) is 76.2 cm³/mol. The standard InChI is InChI=1S/C12H18N2O2S2/c1-9-2-3-11(6-12(9)13)18(15,16)14-7-10-4-5-17-8-10/h2-3,6,10,14H,4-5,7-8,13H2,1H3. The van der Waals surface area contributed by atoms with Gasteiger partial charge >= 0.3 is 0 Å². The molecule has 0 spiro atoms. The lowest BCUT2D eigenvalue weighted by Crippen LogP contribution is -2.29. The van der Waals surface area contributed by atoms with E-state index in [-0.39, 0.29) is 4.90 Å². The number of aryl methyl sites for hydroxylation is 1. The quantitative estimate of drug-likeness (QED) is 0.825. The second-order valence-corrected chi connectivity index (χ2v) is 7.52. The number of benzene rings is 1. The Hall–Kier alpha value is -0.720. The van der Waals surface area contributed by atoms with E-state index in [1.807, 2.05) is 18.7 Å². The number of sulfonamides is 1. The summed E-state index contributed by atoms with van der Waals surface area (Å²) in [4.78, 5) is 0.247. The van der Waals surface area contributed by atoms with Crippen LogP contribution in [0.5, 0.6) is 0 Å². The fourth-order valence-electron chi connectivity index (χ4n) is 1.84. The van der Waals surface area contributed by atoms with Crippen molar-refractivity contribution in [1.29, 1.82) is 0 Å². The molecule has 0 amide bonds. The molecule has 100 valence electrons. The maximum absolute atomic E-state index is 12.1. The molecule has 1 heterocycles. The lowest BCUT2D eigenvalue weighted by Gasteiger charge is -2.11. The molecule has 1 fully saturated rings. The molecule has 4 nitrogen and oxygen atoms in total. The van der Waals surface area contributed by atoms with Gasteiger partial charge in [-0.15, -0.1) is 0 Å². The highest BCUT2D eigenvalue weighted by Crippen LogP contribution is 2.23. The van der Waals surface area contributed by atoms with E-state index in [2.05, 4.69) is 4.72 Å². The van der Waals surface area contributed by atoms with Crippen LogP contribution in [0.15, 0.2) is 23.1 Å². The average molecular weight is 286 g/mol. The van der Waals surface area contributed by atoms with Gasteiger partial charge in [-0.25, -0.2) is 13.1 Å². The fourth-order valence-corrected chi connectivity index (χ4v) is 4.28. The molecule has 2 rings (SSSR count). The maximum atomic E-state index is 12.1. The molecule has 18 heavy (non-hydrogen) atoms. The minimum atomic E-state index is -3.43. The van der Waals surface area contributed by atoms with Crippen LogP contribution < -0.4 is 10.5 Å². The van der Waals surface area contributed by atoms with E-state index in [1.165, 1.54) is 6.07 Å². The van der Waals surface area contributed by atoms with Crippen molar-refractivity contribution in [2.24, 2.45) is 5.92 Å². The van der Waals surface area contributed by atoms with E-state index in [0.717, 1.165) is 23.5 Å². The van der Waals surface area contributed by atoms with Crippen LogP contribution in [0.2, 0.25) is 0 Å². The minimum Gasteiger partial charge on any atom is -0.398 e.